The third-order valence-corrected chi connectivity index (χ3v) is 9.44. The van der Waals surface area contributed by atoms with Gasteiger partial charge in [-0.25, -0.2) is 9.78 Å². The van der Waals surface area contributed by atoms with Crippen molar-refractivity contribution in [3.8, 4) is 17.0 Å². The van der Waals surface area contributed by atoms with Crippen LogP contribution in [0.5, 0.6) is 5.75 Å². The number of ether oxygens (including phenoxy) is 1. The van der Waals surface area contributed by atoms with Gasteiger partial charge in [-0.15, -0.1) is 11.3 Å². The summed E-state index contributed by atoms with van der Waals surface area (Å²) >= 11 is 1.65. The number of carboxylic acids is 1. The molecule has 0 spiro atoms. The predicted octanol–water partition coefficient (Wildman–Crippen LogP) is 8.83. The summed E-state index contributed by atoms with van der Waals surface area (Å²) in [6.45, 7) is 5.00. The summed E-state index contributed by atoms with van der Waals surface area (Å²) in [6.07, 6.45) is 13.8. The number of rotatable bonds is 10. The van der Waals surface area contributed by atoms with Crippen LogP contribution in [0.4, 0.5) is 5.13 Å². The van der Waals surface area contributed by atoms with Crippen LogP contribution in [0.15, 0.2) is 53.9 Å². The summed E-state index contributed by atoms with van der Waals surface area (Å²) in [6, 6.07) is 15.9. The molecule has 5 rings (SSSR count). The lowest BCUT2D eigenvalue weighted by atomic mass is 9.75. The molecule has 0 saturated heterocycles. The third kappa shape index (κ3) is 7.02. The third-order valence-electron chi connectivity index (χ3n) is 8.57. The Morgan fingerprint density at radius 2 is 1.51 bits per heavy atom. The van der Waals surface area contributed by atoms with Crippen LogP contribution in [0.1, 0.15) is 94.0 Å². The van der Waals surface area contributed by atoms with E-state index in [1.165, 1.54) is 64.2 Å². The SMILES string of the molecule is CC(C)N(Cc1ccc(C(=O)O)cc1)c1nc(-c2ccc(OC(C3CCCCC3)C3CCCCC3)cc2)cs1. The molecule has 1 N–H and O–H groups in total. The fourth-order valence-electron chi connectivity index (χ4n) is 6.31. The van der Waals surface area contributed by atoms with Crippen LogP contribution in [0.25, 0.3) is 11.3 Å². The maximum Gasteiger partial charge on any atom is 0.335 e. The Bertz CT molecular complexity index is 1170. The van der Waals surface area contributed by atoms with Gasteiger partial charge in [-0.3, -0.25) is 0 Å². The molecule has 1 heterocycles. The second-order valence-corrected chi connectivity index (χ2v) is 12.5. The highest BCUT2D eigenvalue weighted by Gasteiger charge is 2.33. The Balaban J connectivity index is 1.27. The van der Waals surface area contributed by atoms with Crippen LogP contribution in [0.2, 0.25) is 0 Å². The minimum absolute atomic E-state index is 0.260. The summed E-state index contributed by atoms with van der Waals surface area (Å²) in [4.78, 5) is 18.4. The topological polar surface area (TPSA) is 62.7 Å². The molecule has 0 atom stereocenters. The van der Waals surface area contributed by atoms with Gasteiger partial charge in [0.2, 0.25) is 0 Å². The molecule has 2 saturated carbocycles. The van der Waals surface area contributed by atoms with Crippen molar-refractivity contribution < 1.29 is 14.6 Å². The average Bonchev–Trinajstić information content (AvgIpc) is 3.46. The van der Waals surface area contributed by atoms with Crippen LogP contribution in [0, 0.1) is 11.8 Å². The van der Waals surface area contributed by atoms with Gasteiger partial charge in [0.25, 0.3) is 0 Å². The van der Waals surface area contributed by atoms with E-state index in [4.69, 9.17) is 9.72 Å². The van der Waals surface area contributed by atoms with Gasteiger partial charge in [-0.1, -0.05) is 50.7 Å². The molecule has 3 aromatic rings. The lowest BCUT2D eigenvalue weighted by Crippen LogP contribution is -2.37. The second kappa shape index (κ2) is 13.0. The molecule has 0 bridgehead atoms. The second-order valence-electron chi connectivity index (χ2n) is 11.6. The number of nitrogens with zero attached hydrogens (tertiary/aromatic N) is 2. The van der Waals surface area contributed by atoms with Gasteiger partial charge in [0.05, 0.1) is 11.3 Å². The number of aromatic nitrogens is 1. The zero-order valence-electron chi connectivity index (χ0n) is 23.4. The first kappa shape index (κ1) is 27.7. The van der Waals surface area contributed by atoms with Crippen LogP contribution < -0.4 is 9.64 Å². The quantitative estimate of drug-likeness (QED) is 0.275. The minimum atomic E-state index is -0.901. The monoisotopic (exact) mass is 546 g/mol. The number of anilines is 1. The fourth-order valence-corrected chi connectivity index (χ4v) is 7.28. The van der Waals surface area contributed by atoms with Crippen molar-refractivity contribution >= 4 is 22.4 Å². The van der Waals surface area contributed by atoms with Crippen molar-refractivity contribution in [1.82, 2.24) is 4.98 Å². The van der Waals surface area contributed by atoms with Crippen molar-refractivity contribution in [2.75, 3.05) is 4.90 Å². The molecule has 2 aromatic carbocycles. The van der Waals surface area contributed by atoms with E-state index in [9.17, 15) is 9.90 Å². The molecule has 1 aromatic heterocycles. The summed E-state index contributed by atoms with van der Waals surface area (Å²) < 4.78 is 6.79. The van der Waals surface area contributed by atoms with Crippen LogP contribution in [-0.2, 0) is 6.54 Å². The first-order chi connectivity index (χ1) is 19.0. The van der Waals surface area contributed by atoms with Gasteiger partial charge in [0, 0.05) is 23.5 Å². The van der Waals surface area contributed by atoms with E-state index >= 15 is 0 Å². The van der Waals surface area contributed by atoms with Crippen LogP contribution in [0.3, 0.4) is 0 Å². The number of thiazole rings is 1. The molecular weight excluding hydrogens is 504 g/mol. The van der Waals surface area contributed by atoms with Crippen LogP contribution >= 0.6 is 11.3 Å². The number of benzene rings is 2. The summed E-state index contributed by atoms with van der Waals surface area (Å²) in [7, 11) is 0. The summed E-state index contributed by atoms with van der Waals surface area (Å²) in [5.41, 5.74) is 3.45. The van der Waals surface area contributed by atoms with E-state index < -0.39 is 5.97 Å². The zero-order valence-corrected chi connectivity index (χ0v) is 24.2. The van der Waals surface area contributed by atoms with Gasteiger partial charge in [0.1, 0.15) is 11.9 Å². The van der Waals surface area contributed by atoms with Gasteiger partial charge in [0.15, 0.2) is 5.13 Å². The minimum Gasteiger partial charge on any atom is -0.490 e. The molecule has 0 amide bonds. The molecule has 6 heteroatoms. The highest BCUT2D eigenvalue weighted by Crippen LogP contribution is 2.38. The molecule has 2 aliphatic rings. The first-order valence-electron chi connectivity index (χ1n) is 14.8. The van der Waals surface area contributed by atoms with Crippen molar-refractivity contribution in [3.63, 3.8) is 0 Å². The molecule has 2 fully saturated rings. The van der Waals surface area contributed by atoms with E-state index in [-0.39, 0.29) is 6.04 Å². The largest absolute Gasteiger partial charge is 0.490 e. The van der Waals surface area contributed by atoms with E-state index in [1.807, 2.05) is 12.1 Å². The fraction of sp³-hybridized carbons (Fsp3) is 0.515. The summed E-state index contributed by atoms with van der Waals surface area (Å²) in [5.74, 6) is 1.49. The Morgan fingerprint density at radius 3 is 2.05 bits per heavy atom. The number of hydrogen-bond acceptors (Lipinski definition) is 5. The van der Waals surface area contributed by atoms with Crippen LogP contribution in [-0.4, -0.2) is 28.2 Å². The molecule has 0 unspecified atom stereocenters. The molecule has 0 radical (unpaired) electrons. The van der Waals surface area contributed by atoms with E-state index in [1.54, 1.807) is 23.5 Å². The Hall–Kier alpha value is -2.86. The number of hydrogen-bond donors (Lipinski definition) is 1. The molecule has 208 valence electrons. The molecule has 39 heavy (non-hydrogen) atoms. The smallest absolute Gasteiger partial charge is 0.335 e. The molecule has 2 aliphatic carbocycles. The molecular formula is C33H42N2O3S. The number of carbonyl (C=O) groups is 1. The van der Waals surface area contributed by atoms with E-state index in [0.717, 1.165) is 27.7 Å². The van der Waals surface area contributed by atoms with Gasteiger partial charge >= 0.3 is 5.97 Å². The lowest BCUT2D eigenvalue weighted by molar-refractivity contribution is 0.0390. The highest BCUT2D eigenvalue weighted by atomic mass is 32.1. The standard InChI is InChI=1S/C33H42N2O3S/c1-23(2)35(21-24-13-15-28(16-14-24)32(36)37)33-34-30(22-39-33)25-17-19-29(20-18-25)38-31(26-9-5-3-6-10-26)27-11-7-4-8-12-27/h13-20,22-23,26-27,31H,3-12,21H2,1-2H3,(H,36,37). The van der Waals surface area contributed by atoms with Crippen molar-refractivity contribution in [2.24, 2.45) is 11.8 Å². The van der Waals surface area contributed by atoms with Gasteiger partial charge in [-0.2, -0.15) is 0 Å². The van der Waals surface area contributed by atoms with Gasteiger partial charge < -0.3 is 14.7 Å². The maximum absolute atomic E-state index is 11.2. The van der Waals surface area contributed by atoms with Gasteiger partial charge in [-0.05, 0) is 93.3 Å². The van der Waals surface area contributed by atoms with Crippen molar-refractivity contribution in [2.45, 2.75) is 96.7 Å². The summed E-state index contributed by atoms with van der Waals surface area (Å²) in [5, 5.41) is 12.3. The highest BCUT2D eigenvalue weighted by molar-refractivity contribution is 7.14. The van der Waals surface area contributed by atoms with E-state index in [2.05, 4.69) is 48.4 Å². The zero-order chi connectivity index (χ0) is 27.2. The number of carboxylic acid groups (broad SMARTS) is 1. The molecule has 5 nitrogen and oxygen atoms in total. The normalized spacial score (nSPS) is 17.0. The van der Waals surface area contributed by atoms with Crippen molar-refractivity contribution in [1.29, 1.82) is 0 Å². The van der Waals surface area contributed by atoms with E-state index in [0.29, 0.717) is 30.0 Å². The Kier molecular flexibility index (Phi) is 9.23. The average molecular weight is 547 g/mol. The lowest BCUT2D eigenvalue weighted by Gasteiger charge is -2.37. The molecule has 0 aliphatic heterocycles. The van der Waals surface area contributed by atoms with Crippen molar-refractivity contribution in [3.05, 3.63) is 65.0 Å². The number of aromatic carboxylic acids is 1. The first-order valence-corrected chi connectivity index (χ1v) is 15.7. The Morgan fingerprint density at radius 1 is 0.923 bits per heavy atom. The maximum atomic E-state index is 11.2. The Labute approximate surface area is 237 Å². The predicted molar refractivity (Wildman–Crippen MR) is 160 cm³/mol.